The Morgan fingerprint density at radius 3 is 1.15 bits per heavy atom. The SMILES string of the molecule is CCCCCCCCCCCCCCCCCC(=O)O[C@@H]1C(OC(=O)[C@@H](C)C[C@@H](C)C[C@@H](C)C[C@@H](C)C[C@@H](C)C[C@@H](C)C[C@@H](C)C[C@@H](C)C[C@@H](C)C(O)CCCCCCCCCCCCCCC)[C@H](O)C(CO)O[C@@H]1O[C@H]1OC(CO)[C@@H](O)C(O)[C@@H]1OS(=O)(=O)O. The Labute approximate surface area is 555 Å². The standard InChI is InChI=1S/C73H140O17S/c1-12-14-16-18-20-22-24-26-27-29-31-33-35-37-39-41-64(77)87-70-68(66(79)63(51-75)86-73(70)89-72-69(90-91(82,83)84)67(80)65(78)62(50-74)85-72)88-71(81)60(11)49-58(9)47-56(7)45-54(5)43-52(3)42-53(4)44-55(6)46-57(8)48-59(10)61(76)40-38-36-34-32-30-28-25-23-21-19-17-15-13-2/h52-63,65-70,72-76,78-80H,12-51H2,1-11H3,(H,82,83,84)/t52-,53+,54-,55+,56-,57+,58-,59+,60-,61?,62?,63?,65+,66+,67?,68?,69-,70+,72+,73+/m0/s1. The molecular weight excluding hydrogens is 1180 g/mol. The van der Waals surface area contributed by atoms with Crippen molar-refractivity contribution < 1.29 is 81.1 Å². The molecule has 18 heteroatoms. The highest BCUT2D eigenvalue weighted by atomic mass is 32.3. The summed E-state index contributed by atoms with van der Waals surface area (Å²) >= 11 is 0. The van der Waals surface area contributed by atoms with E-state index in [1.54, 1.807) is 6.92 Å². The Kier molecular flexibility index (Phi) is 46.9. The highest BCUT2D eigenvalue weighted by Crippen LogP contribution is 2.36. The molecule has 2 aliphatic heterocycles. The van der Waals surface area contributed by atoms with Crippen molar-refractivity contribution >= 4 is 22.3 Å². The van der Waals surface area contributed by atoms with Crippen LogP contribution in [0.1, 0.15) is 320 Å². The van der Waals surface area contributed by atoms with Gasteiger partial charge in [0.1, 0.15) is 30.5 Å². The number of carbonyl (C=O) groups is 2. The number of hydrogen-bond acceptors (Lipinski definition) is 16. The van der Waals surface area contributed by atoms with Gasteiger partial charge in [0, 0.05) is 6.42 Å². The summed E-state index contributed by atoms with van der Waals surface area (Å²) in [5.41, 5.74) is 0. The third-order valence-electron chi connectivity index (χ3n) is 19.6. The molecule has 0 aromatic heterocycles. The zero-order valence-corrected chi connectivity index (χ0v) is 60.3. The lowest BCUT2D eigenvalue weighted by atomic mass is 9.79. The summed E-state index contributed by atoms with van der Waals surface area (Å²) in [4.78, 5) is 27.8. The Hall–Kier alpha value is -1.55. The fourth-order valence-corrected chi connectivity index (χ4v) is 15.5. The third kappa shape index (κ3) is 38.3. The van der Waals surface area contributed by atoms with Crippen molar-refractivity contribution in [3.8, 4) is 0 Å². The molecule has 5 unspecified atom stereocenters. The number of unbranched alkanes of at least 4 members (excludes halogenated alkanes) is 26. The lowest BCUT2D eigenvalue weighted by molar-refractivity contribution is -0.374. The zero-order chi connectivity index (χ0) is 67.7. The van der Waals surface area contributed by atoms with Crippen LogP contribution in [0.5, 0.6) is 0 Å². The average Bonchev–Trinajstić information content (AvgIpc) is 0.799. The van der Waals surface area contributed by atoms with E-state index in [1.807, 2.05) is 0 Å². The van der Waals surface area contributed by atoms with Gasteiger partial charge in [0.05, 0.1) is 25.2 Å². The lowest BCUT2D eigenvalue weighted by Crippen LogP contribution is -2.65. The van der Waals surface area contributed by atoms with Crippen LogP contribution in [0.25, 0.3) is 0 Å². The van der Waals surface area contributed by atoms with Crippen molar-refractivity contribution in [3.63, 3.8) is 0 Å². The van der Waals surface area contributed by atoms with Gasteiger partial charge < -0.3 is 54.3 Å². The normalized spacial score (nSPS) is 25.6. The molecule has 540 valence electrons. The zero-order valence-electron chi connectivity index (χ0n) is 59.5. The third-order valence-corrected chi connectivity index (χ3v) is 20.1. The number of esters is 2. The van der Waals surface area contributed by atoms with E-state index >= 15 is 0 Å². The summed E-state index contributed by atoms with van der Waals surface area (Å²) in [6.07, 6.45) is 24.8. The molecule has 2 saturated heterocycles. The number of aliphatic hydroxyl groups is 6. The van der Waals surface area contributed by atoms with Gasteiger partial charge >= 0.3 is 22.3 Å². The van der Waals surface area contributed by atoms with Gasteiger partial charge in [0.2, 0.25) is 6.29 Å². The Bertz CT molecular complexity index is 1910. The van der Waals surface area contributed by atoms with E-state index in [9.17, 15) is 53.2 Å². The van der Waals surface area contributed by atoms with Crippen LogP contribution in [-0.2, 0) is 47.9 Å². The summed E-state index contributed by atoms with van der Waals surface area (Å²) in [7, 11) is -5.32. The van der Waals surface area contributed by atoms with Crippen molar-refractivity contribution in [1.82, 2.24) is 0 Å². The van der Waals surface area contributed by atoms with Crippen molar-refractivity contribution in [3.05, 3.63) is 0 Å². The Balaban J connectivity index is 1.94. The van der Waals surface area contributed by atoms with E-state index in [-0.39, 0.29) is 18.4 Å². The molecule has 0 saturated carbocycles. The van der Waals surface area contributed by atoms with E-state index in [4.69, 9.17) is 23.7 Å². The van der Waals surface area contributed by atoms with Gasteiger partial charge in [-0.05, 0) is 112 Å². The molecule has 0 aromatic carbocycles. The summed E-state index contributed by atoms with van der Waals surface area (Å²) in [5.74, 6) is 1.59. The van der Waals surface area contributed by atoms with Crippen molar-refractivity contribution in [2.45, 2.75) is 388 Å². The average molecular weight is 1320 g/mol. The summed E-state index contributed by atoms with van der Waals surface area (Å²) in [6.45, 7) is 23.0. The molecule has 2 fully saturated rings. The quantitative estimate of drug-likeness (QED) is 0.0169. The molecule has 7 N–H and O–H groups in total. The number of hydrogen-bond donors (Lipinski definition) is 7. The van der Waals surface area contributed by atoms with Crippen LogP contribution in [0.3, 0.4) is 0 Å². The fraction of sp³-hybridized carbons (Fsp3) is 0.973. The first-order chi connectivity index (χ1) is 43.3. The van der Waals surface area contributed by atoms with E-state index in [2.05, 4.69) is 73.4 Å². The van der Waals surface area contributed by atoms with Crippen LogP contribution in [0.2, 0.25) is 0 Å². The van der Waals surface area contributed by atoms with Crippen LogP contribution in [-0.4, -0.2) is 136 Å². The van der Waals surface area contributed by atoms with Crippen LogP contribution in [0, 0.1) is 53.3 Å². The second-order valence-electron chi connectivity index (χ2n) is 29.7. The van der Waals surface area contributed by atoms with Crippen LogP contribution in [0.15, 0.2) is 0 Å². The Morgan fingerprint density at radius 2 is 0.769 bits per heavy atom. The highest BCUT2D eigenvalue weighted by Gasteiger charge is 2.55. The fourth-order valence-electron chi connectivity index (χ4n) is 15.0. The number of aliphatic hydroxyl groups excluding tert-OH is 6. The van der Waals surface area contributed by atoms with E-state index in [0.717, 1.165) is 70.6 Å². The molecule has 2 aliphatic rings. The smallest absolute Gasteiger partial charge is 0.397 e. The lowest BCUT2D eigenvalue weighted by Gasteiger charge is -2.46. The maximum Gasteiger partial charge on any atom is 0.397 e. The predicted octanol–water partition coefficient (Wildman–Crippen LogP) is 15.5. The summed E-state index contributed by atoms with van der Waals surface area (Å²) in [6, 6.07) is 0. The van der Waals surface area contributed by atoms with Crippen LogP contribution < -0.4 is 0 Å². The van der Waals surface area contributed by atoms with E-state index < -0.39 is 103 Å². The molecule has 20 atom stereocenters. The highest BCUT2D eigenvalue weighted by molar-refractivity contribution is 7.80. The minimum absolute atomic E-state index is 0.0538. The number of rotatable bonds is 56. The van der Waals surface area contributed by atoms with Gasteiger partial charge in [-0.2, -0.15) is 8.42 Å². The van der Waals surface area contributed by atoms with Crippen LogP contribution >= 0.6 is 0 Å². The van der Waals surface area contributed by atoms with Gasteiger partial charge in [-0.25, -0.2) is 4.18 Å². The molecular formula is C73H140O17S. The summed E-state index contributed by atoms with van der Waals surface area (Å²) in [5, 5.41) is 64.5. The van der Waals surface area contributed by atoms with Gasteiger partial charge in [-0.15, -0.1) is 0 Å². The number of ether oxygens (including phenoxy) is 5. The van der Waals surface area contributed by atoms with Gasteiger partial charge in [-0.1, -0.05) is 250 Å². The van der Waals surface area contributed by atoms with Crippen molar-refractivity contribution in [1.29, 1.82) is 0 Å². The van der Waals surface area contributed by atoms with Gasteiger partial charge in [-0.3, -0.25) is 14.1 Å². The first-order valence-electron chi connectivity index (χ1n) is 37.3. The Morgan fingerprint density at radius 1 is 0.429 bits per heavy atom. The van der Waals surface area contributed by atoms with Crippen LogP contribution in [0.4, 0.5) is 0 Å². The predicted molar refractivity (Wildman–Crippen MR) is 362 cm³/mol. The molecule has 91 heavy (non-hydrogen) atoms. The first kappa shape index (κ1) is 85.5. The van der Waals surface area contributed by atoms with Crippen molar-refractivity contribution in [2.24, 2.45) is 53.3 Å². The minimum atomic E-state index is -5.32. The minimum Gasteiger partial charge on any atom is -0.455 e. The topological polar surface area (TPSA) is 265 Å². The summed E-state index contributed by atoms with van der Waals surface area (Å²) < 4.78 is 67.6. The van der Waals surface area contributed by atoms with Crippen molar-refractivity contribution in [2.75, 3.05) is 13.2 Å². The molecule has 17 nitrogen and oxygen atoms in total. The maximum atomic E-state index is 14.1. The monoisotopic (exact) mass is 1320 g/mol. The largest absolute Gasteiger partial charge is 0.455 e. The number of carbonyl (C=O) groups excluding carboxylic acids is 2. The molecule has 0 radical (unpaired) electrons. The van der Waals surface area contributed by atoms with Gasteiger partial charge in [0.15, 0.2) is 24.6 Å². The van der Waals surface area contributed by atoms with E-state index in [0.29, 0.717) is 54.3 Å². The van der Waals surface area contributed by atoms with Gasteiger partial charge in [0.25, 0.3) is 0 Å². The molecule has 0 amide bonds. The molecule has 2 heterocycles. The van der Waals surface area contributed by atoms with E-state index in [1.165, 1.54) is 154 Å². The second-order valence-corrected chi connectivity index (χ2v) is 30.7. The molecule has 2 rings (SSSR count). The molecule has 0 aromatic rings. The molecule has 0 bridgehead atoms. The molecule has 0 aliphatic carbocycles. The maximum absolute atomic E-state index is 14.1. The second kappa shape index (κ2) is 49.9. The first-order valence-corrected chi connectivity index (χ1v) is 38.7. The molecule has 0 spiro atoms.